The lowest BCUT2D eigenvalue weighted by atomic mass is 9.93. The van der Waals surface area contributed by atoms with Crippen molar-refractivity contribution in [2.45, 2.75) is 66.0 Å². The molecule has 0 bridgehead atoms. The Morgan fingerprint density at radius 3 is 2.61 bits per heavy atom. The second-order valence-corrected chi connectivity index (χ2v) is 7.82. The number of carbonyl (C=O) groups is 1. The highest BCUT2D eigenvalue weighted by molar-refractivity contribution is 8.02. The molecule has 3 atom stereocenters. The van der Waals surface area contributed by atoms with Crippen LogP contribution in [-0.4, -0.2) is 41.4 Å². The number of allylic oxidation sites excluding steroid dienone is 1. The third kappa shape index (κ3) is 5.96. The van der Waals surface area contributed by atoms with Crippen LogP contribution < -0.4 is 5.73 Å². The summed E-state index contributed by atoms with van der Waals surface area (Å²) < 4.78 is 0. The second kappa shape index (κ2) is 9.48. The number of carbonyl (C=O) groups excluding carboxylic acids is 1. The number of hydrogen-bond acceptors (Lipinski definition) is 4. The van der Waals surface area contributed by atoms with E-state index in [1.807, 2.05) is 25.8 Å². The van der Waals surface area contributed by atoms with Crippen molar-refractivity contribution in [3.8, 4) is 0 Å². The van der Waals surface area contributed by atoms with Gasteiger partial charge in [-0.15, -0.1) is 11.8 Å². The number of hydrogen-bond donors (Lipinski definition) is 1. The minimum Gasteiger partial charge on any atom is -0.341 e. The van der Waals surface area contributed by atoms with E-state index in [0.717, 1.165) is 30.7 Å². The zero-order valence-corrected chi connectivity index (χ0v) is 16.3. The zero-order valence-electron chi connectivity index (χ0n) is 15.5. The maximum Gasteiger partial charge on any atom is 0.239 e. The van der Waals surface area contributed by atoms with Crippen LogP contribution in [0.5, 0.6) is 0 Å². The van der Waals surface area contributed by atoms with Crippen molar-refractivity contribution in [3.63, 3.8) is 0 Å². The Bertz CT molecular complexity index is 459. The molecule has 132 valence electrons. The lowest BCUT2D eigenvalue weighted by Gasteiger charge is -2.34. The van der Waals surface area contributed by atoms with E-state index in [4.69, 9.17) is 5.73 Å². The summed E-state index contributed by atoms with van der Waals surface area (Å²) in [5.41, 5.74) is 8.45. The summed E-state index contributed by atoms with van der Waals surface area (Å²) in [6.45, 7) is 10.5. The number of thioether (sulfide) groups is 1. The SMILES string of the molecule is CCC(C)C(N)C(=O)N(C)[C@H](CCC1=NC(C)=CSC1)C(C)C. The number of rotatable bonds is 8. The third-order valence-electron chi connectivity index (χ3n) is 4.72. The predicted octanol–water partition coefficient (Wildman–Crippen LogP) is 3.67. The Kier molecular flexibility index (Phi) is 8.34. The van der Waals surface area contributed by atoms with Crippen molar-refractivity contribution >= 4 is 23.4 Å². The molecule has 2 unspecified atom stereocenters. The third-order valence-corrected chi connectivity index (χ3v) is 5.73. The van der Waals surface area contributed by atoms with Gasteiger partial charge in [0, 0.05) is 30.3 Å². The molecule has 2 N–H and O–H groups in total. The van der Waals surface area contributed by atoms with Gasteiger partial charge in [-0.25, -0.2) is 0 Å². The predicted molar refractivity (Wildman–Crippen MR) is 102 cm³/mol. The Balaban J connectivity index is 2.70. The van der Waals surface area contributed by atoms with E-state index in [9.17, 15) is 4.79 Å². The highest BCUT2D eigenvalue weighted by atomic mass is 32.2. The van der Waals surface area contributed by atoms with Crippen LogP contribution in [0.4, 0.5) is 0 Å². The molecule has 1 amide bonds. The van der Waals surface area contributed by atoms with E-state index in [-0.39, 0.29) is 17.9 Å². The summed E-state index contributed by atoms with van der Waals surface area (Å²) in [7, 11) is 1.90. The van der Waals surface area contributed by atoms with Crippen molar-refractivity contribution in [1.82, 2.24) is 4.90 Å². The molecule has 0 aromatic heterocycles. The fourth-order valence-electron chi connectivity index (χ4n) is 2.88. The van der Waals surface area contributed by atoms with Gasteiger partial charge in [0.05, 0.1) is 6.04 Å². The molecule has 1 heterocycles. The van der Waals surface area contributed by atoms with Crippen molar-refractivity contribution < 1.29 is 4.79 Å². The lowest BCUT2D eigenvalue weighted by molar-refractivity contribution is -0.135. The minimum atomic E-state index is -0.404. The maximum atomic E-state index is 12.6. The molecule has 0 saturated heterocycles. The normalized spacial score (nSPS) is 19.0. The number of nitrogens with two attached hydrogens (primary N) is 1. The molecule has 1 aliphatic rings. The Morgan fingerprint density at radius 2 is 2.09 bits per heavy atom. The molecule has 0 spiro atoms. The lowest BCUT2D eigenvalue weighted by Crippen LogP contribution is -2.50. The van der Waals surface area contributed by atoms with Crippen molar-refractivity contribution in [2.75, 3.05) is 12.8 Å². The average Bonchev–Trinajstić information content (AvgIpc) is 2.52. The number of nitrogens with zero attached hydrogens (tertiary/aromatic N) is 2. The summed E-state index contributed by atoms with van der Waals surface area (Å²) in [6, 6.07) is -0.199. The quantitative estimate of drug-likeness (QED) is 0.734. The molecule has 23 heavy (non-hydrogen) atoms. The molecule has 0 aromatic rings. The first kappa shape index (κ1) is 20.2. The van der Waals surface area contributed by atoms with Gasteiger partial charge < -0.3 is 10.6 Å². The summed E-state index contributed by atoms with van der Waals surface area (Å²) in [5, 5.41) is 2.10. The van der Waals surface area contributed by atoms with Gasteiger partial charge in [0.2, 0.25) is 5.91 Å². The van der Waals surface area contributed by atoms with Crippen LogP contribution in [0.15, 0.2) is 16.1 Å². The fraction of sp³-hybridized carbons (Fsp3) is 0.778. The molecule has 5 heteroatoms. The van der Waals surface area contributed by atoms with E-state index in [1.165, 1.54) is 5.71 Å². The highest BCUT2D eigenvalue weighted by Crippen LogP contribution is 2.22. The van der Waals surface area contributed by atoms with Gasteiger partial charge in [0.15, 0.2) is 0 Å². The van der Waals surface area contributed by atoms with E-state index in [2.05, 4.69) is 31.2 Å². The van der Waals surface area contributed by atoms with Crippen LogP contribution in [0.1, 0.15) is 53.9 Å². The van der Waals surface area contributed by atoms with Crippen LogP contribution in [0, 0.1) is 11.8 Å². The van der Waals surface area contributed by atoms with Crippen LogP contribution in [0.2, 0.25) is 0 Å². The van der Waals surface area contributed by atoms with Gasteiger partial charge in [-0.1, -0.05) is 34.1 Å². The summed E-state index contributed by atoms with van der Waals surface area (Å²) >= 11 is 1.80. The van der Waals surface area contributed by atoms with Gasteiger partial charge in [0.25, 0.3) is 0 Å². The van der Waals surface area contributed by atoms with Gasteiger partial charge in [-0.2, -0.15) is 0 Å². The fourth-order valence-corrected chi connectivity index (χ4v) is 3.66. The number of amides is 1. The Labute approximate surface area is 146 Å². The molecular weight excluding hydrogens is 306 g/mol. The smallest absolute Gasteiger partial charge is 0.239 e. The molecule has 0 fully saturated rings. The summed E-state index contributed by atoms with van der Waals surface area (Å²) in [5.74, 6) is 1.65. The molecular formula is C18H33N3OS. The molecule has 0 radical (unpaired) electrons. The molecule has 1 rings (SSSR count). The first-order valence-electron chi connectivity index (χ1n) is 8.64. The number of likely N-dealkylation sites (N-methyl/N-ethyl adjacent to an activating group) is 1. The first-order valence-corrected chi connectivity index (χ1v) is 9.69. The van der Waals surface area contributed by atoms with Gasteiger partial charge in [-0.05, 0) is 37.0 Å². The van der Waals surface area contributed by atoms with Crippen molar-refractivity contribution in [2.24, 2.45) is 22.6 Å². The van der Waals surface area contributed by atoms with Crippen LogP contribution >= 0.6 is 11.8 Å². The van der Waals surface area contributed by atoms with Gasteiger partial charge >= 0.3 is 0 Å². The largest absolute Gasteiger partial charge is 0.341 e. The van der Waals surface area contributed by atoms with E-state index < -0.39 is 6.04 Å². The maximum absolute atomic E-state index is 12.6. The zero-order chi connectivity index (χ0) is 17.6. The molecule has 0 aromatic carbocycles. The molecule has 1 aliphatic heterocycles. The Hall–Kier alpha value is -0.810. The van der Waals surface area contributed by atoms with Crippen LogP contribution in [-0.2, 0) is 4.79 Å². The van der Waals surface area contributed by atoms with E-state index >= 15 is 0 Å². The van der Waals surface area contributed by atoms with E-state index in [0.29, 0.717) is 5.92 Å². The summed E-state index contributed by atoms with van der Waals surface area (Å²) in [6.07, 6.45) is 2.81. The van der Waals surface area contributed by atoms with Crippen LogP contribution in [0.3, 0.4) is 0 Å². The minimum absolute atomic E-state index is 0.0640. The Morgan fingerprint density at radius 1 is 1.43 bits per heavy atom. The van der Waals surface area contributed by atoms with E-state index in [1.54, 1.807) is 11.8 Å². The standard InChI is InChI=1S/C18H33N3OS/c1-7-13(4)17(19)18(22)21(6)16(12(2)3)9-8-15-11-23-10-14(5)20-15/h10,12-13,16-17H,7-9,11,19H2,1-6H3/t13?,16-,17?/m1/s1. The van der Waals surface area contributed by atoms with Crippen LogP contribution in [0.25, 0.3) is 0 Å². The second-order valence-electron chi connectivity index (χ2n) is 6.96. The average molecular weight is 340 g/mol. The first-order chi connectivity index (χ1) is 10.8. The van der Waals surface area contributed by atoms with Gasteiger partial charge in [0.1, 0.15) is 0 Å². The molecule has 4 nitrogen and oxygen atoms in total. The summed E-state index contributed by atoms with van der Waals surface area (Å²) in [4.78, 5) is 19.1. The number of aliphatic imine (C=N–C) groups is 1. The van der Waals surface area contributed by atoms with Crippen molar-refractivity contribution in [1.29, 1.82) is 0 Å². The topological polar surface area (TPSA) is 58.7 Å². The van der Waals surface area contributed by atoms with Gasteiger partial charge in [-0.3, -0.25) is 9.79 Å². The highest BCUT2D eigenvalue weighted by Gasteiger charge is 2.29. The molecule has 0 aliphatic carbocycles. The molecule has 0 saturated carbocycles. The monoisotopic (exact) mass is 339 g/mol. The van der Waals surface area contributed by atoms with Crippen molar-refractivity contribution in [3.05, 3.63) is 11.1 Å².